The van der Waals surface area contributed by atoms with Crippen molar-refractivity contribution in [1.29, 1.82) is 0 Å². The molecule has 1 atom stereocenters. The van der Waals surface area contributed by atoms with Gasteiger partial charge < -0.3 is 5.11 Å². The minimum Gasteiger partial charge on any atom is -0.481 e. The van der Waals surface area contributed by atoms with Gasteiger partial charge in [0, 0.05) is 0 Å². The molecule has 0 heterocycles. The Bertz CT molecular complexity index is 139. The highest BCUT2D eigenvalue weighted by atomic mass is 16.4. The van der Waals surface area contributed by atoms with Gasteiger partial charge in [-0.2, -0.15) is 0 Å². The number of hydrogen-bond acceptors (Lipinski definition) is 1. The van der Waals surface area contributed by atoms with E-state index in [9.17, 15) is 4.79 Å². The maximum Gasteiger partial charge on any atom is 0.306 e. The van der Waals surface area contributed by atoms with Crippen molar-refractivity contribution in [1.82, 2.24) is 0 Å². The van der Waals surface area contributed by atoms with Crippen LogP contribution in [0.15, 0.2) is 0 Å². The molecule has 0 aromatic rings. The smallest absolute Gasteiger partial charge is 0.306 e. The first kappa shape index (κ1) is 12.5. The van der Waals surface area contributed by atoms with Crippen LogP contribution in [0.3, 0.4) is 0 Å². The SMILES string of the molecule is CCC(CC)CCC(CC)C(=O)O. The van der Waals surface area contributed by atoms with Gasteiger partial charge in [0.1, 0.15) is 0 Å². The summed E-state index contributed by atoms with van der Waals surface area (Å²) in [6, 6.07) is 0. The molecule has 2 nitrogen and oxygen atoms in total. The Morgan fingerprint density at radius 2 is 1.62 bits per heavy atom. The summed E-state index contributed by atoms with van der Waals surface area (Å²) < 4.78 is 0. The molecule has 1 unspecified atom stereocenters. The fraction of sp³-hybridized carbons (Fsp3) is 0.909. The lowest BCUT2D eigenvalue weighted by Crippen LogP contribution is -2.14. The minimum atomic E-state index is -0.631. The third-order valence-corrected chi connectivity index (χ3v) is 2.92. The van der Waals surface area contributed by atoms with Gasteiger partial charge in [-0.3, -0.25) is 4.79 Å². The quantitative estimate of drug-likeness (QED) is 0.662. The van der Waals surface area contributed by atoms with Crippen LogP contribution < -0.4 is 0 Å². The zero-order valence-corrected chi connectivity index (χ0v) is 9.05. The van der Waals surface area contributed by atoms with Crippen molar-refractivity contribution in [2.24, 2.45) is 11.8 Å². The second-order valence-electron chi connectivity index (χ2n) is 3.70. The molecule has 0 fully saturated rings. The Kier molecular flexibility index (Phi) is 6.65. The van der Waals surface area contributed by atoms with Crippen LogP contribution in [-0.2, 0) is 4.79 Å². The van der Waals surface area contributed by atoms with Gasteiger partial charge in [0.25, 0.3) is 0 Å². The molecule has 0 amide bonds. The third-order valence-electron chi connectivity index (χ3n) is 2.92. The lowest BCUT2D eigenvalue weighted by Gasteiger charge is -2.15. The van der Waals surface area contributed by atoms with E-state index in [1.165, 1.54) is 12.8 Å². The highest BCUT2D eigenvalue weighted by Gasteiger charge is 2.16. The second-order valence-corrected chi connectivity index (χ2v) is 3.70. The Labute approximate surface area is 81.3 Å². The van der Waals surface area contributed by atoms with Gasteiger partial charge in [0.15, 0.2) is 0 Å². The zero-order chi connectivity index (χ0) is 10.3. The second kappa shape index (κ2) is 6.93. The Balaban J connectivity index is 3.76. The molecule has 0 aliphatic rings. The average Bonchev–Trinajstić information content (AvgIpc) is 2.12. The molecule has 0 aromatic carbocycles. The van der Waals surface area contributed by atoms with E-state index < -0.39 is 5.97 Å². The lowest BCUT2D eigenvalue weighted by molar-refractivity contribution is -0.142. The van der Waals surface area contributed by atoms with Gasteiger partial charge in [-0.1, -0.05) is 33.6 Å². The van der Waals surface area contributed by atoms with Crippen LogP contribution in [0.2, 0.25) is 0 Å². The highest BCUT2D eigenvalue weighted by Crippen LogP contribution is 2.20. The molecule has 0 saturated heterocycles. The average molecular weight is 186 g/mol. The Hall–Kier alpha value is -0.530. The molecule has 13 heavy (non-hydrogen) atoms. The van der Waals surface area contributed by atoms with Gasteiger partial charge in [-0.15, -0.1) is 0 Å². The van der Waals surface area contributed by atoms with Crippen molar-refractivity contribution in [3.63, 3.8) is 0 Å². The first-order valence-electron chi connectivity index (χ1n) is 5.38. The first-order chi connectivity index (χ1) is 6.15. The zero-order valence-electron chi connectivity index (χ0n) is 9.05. The largest absolute Gasteiger partial charge is 0.481 e. The molecule has 0 spiro atoms. The van der Waals surface area contributed by atoms with E-state index in [0.717, 1.165) is 19.3 Å². The van der Waals surface area contributed by atoms with Crippen molar-refractivity contribution in [2.75, 3.05) is 0 Å². The first-order valence-corrected chi connectivity index (χ1v) is 5.38. The molecular weight excluding hydrogens is 164 g/mol. The van der Waals surface area contributed by atoms with E-state index in [-0.39, 0.29) is 5.92 Å². The number of hydrogen-bond donors (Lipinski definition) is 1. The maximum absolute atomic E-state index is 10.7. The molecule has 0 radical (unpaired) electrons. The van der Waals surface area contributed by atoms with E-state index in [1.807, 2.05) is 6.92 Å². The van der Waals surface area contributed by atoms with Gasteiger partial charge in [0.05, 0.1) is 5.92 Å². The van der Waals surface area contributed by atoms with Crippen LogP contribution >= 0.6 is 0 Å². The van der Waals surface area contributed by atoms with E-state index in [4.69, 9.17) is 5.11 Å². The predicted octanol–water partition coefficient (Wildman–Crippen LogP) is 3.31. The van der Waals surface area contributed by atoms with Crippen LogP contribution in [0.25, 0.3) is 0 Å². The molecule has 2 heteroatoms. The van der Waals surface area contributed by atoms with Crippen molar-refractivity contribution in [3.05, 3.63) is 0 Å². The van der Waals surface area contributed by atoms with Gasteiger partial charge in [-0.05, 0) is 25.2 Å². The number of rotatable bonds is 7. The van der Waals surface area contributed by atoms with E-state index in [0.29, 0.717) is 5.92 Å². The maximum atomic E-state index is 10.7. The van der Waals surface area contributed by atoms with Crippen LogP contribution in [-0.4, -0.2) is 11.1 Å². The summed E-state index contributed by atoms with van der Waals surface area (Å²) in [4.78, 5) is 10.7. The topological polar surface area (TPSA) is 37.3 Å². The lowest BCUT2D eigenvalue weighted by atomic mass is 9.91. The van der Waals surface area contributed by atoms with Crippen molar-refractivity contribution in [2.45, 2.75) is 52.9 Å². The highest BCUT2D eigenvalue weighted by molar-refractivity contribution is 5.69. The van der Waals surface area contributed by atoms with Crippen LogP contribution in [0.5, 0.6) is 0 Å². The summed E-state index contributed by atoms with van der Waals surface area (Å²) in [7, 11) is 0. The van der Waals surface area contributed by atoms with E-state index in [2.05, 4.69) is 13.8 Å². The summed E-state index contributed by atoms with van der Waals surface area (Å²) in [6.07, 6.45) is 5.02. The molecule has 0 saturated carbocycles. The third kappa shape index (κ3) is 4.91. The fourth-order valence-corrected chi connectivity index (χ4v) is 1.64. The molecule has 0 rings (SSSR count). The summed E-state index contributed by atoms with van der Waals surface area (Å²) in [6.45, 7) is 6.30. The summed E-state index contributed by atoms with van der Waals surface area (Å²) >= 11 is 0. The van der Waals surface area contributed by atoms with Crippen molar-refractivity contribution < 1.29 is 9.90 Å². The normalized spacial score (nSPS) is 13.2. The van der Waals surface area contributed by atoms with Gasteiger partial charge in [-0.25, -0.2) is 0 Å². The molecule has 0 aliphatic heterocycles. The fourth-order valence-electron chi connectivity index (χ4n) is 1.64. The number of aliphatic carboxylic acids is 1. The Morgan fingerprint density at radius 3 is 1.92 bits per heavy atom. The molecule has 0 aliphatic carbocycles. The summed E-state index contributed by atoms with van der Waals surface area (Å²) in [5.41, 5.74) is 0. The molecule has 78 valence electrons. The van der Waals surface area contributed by atoms with Crippen LogP contribution in [0.1, 0.15) is 52.9 Å². The minimum absolute atomic E-state index is 0.124. The summed E-state index contributed by atoms with van der Waals surface area (Å²) in [5, 5.41) is 8.83. The molecular formula is C11H22O2. The van der Waals surface area contributed by atoms with E-state index >= 15 is 0 Å². The molecule has 0 bridgehead atoms. The van der Waals surface area contributed by atoms with Crippen molar-refractivity contribution >= 4 is 5.97 Å². The van der Waals surface area contributed by atoms with E-state index in [1.54, 1.807) is 0 Å². The van der Waals surface area contributed by atoms with Gasteiger partial charge >= 0.3 is 5.97 Å². The number of carbonyl (C=O) groups is 1. The van der Waals surface area contributed by atoms with Crippen molar-refractivity contribution in [3.8, 4) is 0 Å². The summed E-state index contributed by atoms with van der Waals surface area (Å²) in [5.74, 6) is -0.0394. The molecule has 0 aromatic heterocycles. The monoisotopic (exact) mass is 186 g/mol. The molecule has 1 N–H and O–H groups in total. The van der Waals surface area contributed by atoms with Crippen LogP contribution in [0, 0.1) is 11.8 Å². The van der Waals surface area contributed by atoms with Crippen LogP contribution in [0.4, 0.5) is 0 Å². The number of carboxylic acids is 1. The van der Waals surface area contributed by atoms with Gasteiger partial charge in [0.2, 0.25) is 0 Å². The Morgan fingerprint density at radius 1 is 1.08 bits per heavy atom. The predicted molar refractivity (Wildman–Crippen MR) is 54.7 cm³/mol. The standard InChI is InChI=1S/C11H22O2/c1-4-9(5-2)7-8-10(6-3)11(12)13/h9-10H,4-8H2,1-3H3,(H,12,13). The number of carboxylic acid groups (broad SMARTS) is 1.